The van der Waals surface area contributed by atoms with Crippen LogP contribution in [0.15, 0.2) is 34.9 Å². The van der Waals surface area contributed by atoms with Crippen molar-refractivity contribution < 1.29 is 14.1 Å². The number of aromatic nitrogens is 2. The van der Waals surface area contributed by atoms with Crippen LogP contribution in [0, 0.1) is 5.92 Å². The van der Waals surface area contributed by atoms with E-state index in [0.29, 0.717) is 30.7 Å². The Hall–Kier alpha value is -2.21. The number of hydrogen-bond acceptors (Lipinski definition) is 5. The van der Waals surface area contributed by atoms with Gasteiger partial charge in [-0.05, 0) is 43.6 Å². The summed E-state index contributed by atoms with van der Waals surface area (Å²) in [6.45, 7) is 1.59. The Morgan fingerprint density at radius 1 is 1.03 bits per heavy atom. The molecule has 4 rings (SSSR count). The van der Waals surface area contributed by atoms with Gasteiger partial charge in [-0.1, -0.05) is 54.8 Å². The molecule has 1 amide bonds. The van der Waals surface area contributed by atoms with Gasteiger partial charge in [-0.15, -0.1) is 0 Å². The van der Waals surface area contributed by atoms with Gasteiger partial charge in [0.05, 0.1) is 12.6 Å². The Kier molecular flexibility index (Phi) is 6.93. The molecule has 156 valence electrons. The van der Waals surface area contributed by atoms with Gasteiger partial charge < -0.3 is 14.2 Å². The van der Waals surface area contributed by atoms with Gasteiger partial charge in [0.1, 0.15) is 6.61 Å². The molecule has 0 radical (unpaired) electrons. The van der Waals surface area contributed by atoms with Crippen molar-refractivity contribution >= 4 is 5.91 Å². The zero-order chi connectivity index (χ0) is 19.9. The molecule has 2 aromatic rings. The molecule has 1 aromatic heterocycles. The quantitative estimate of drug-likeness (QED) is 0.671. The Morgan fingerprint density at radius 3 is 2.66 bits per heavy atom. The van der Waals surface area contributed by atoms with Crippen LogP contribution in [0.3, 0.4) is 0 Å². The number of nitrogens with zero attached hydrogens (tertiary/aromatic N) is 3. The lowest BCUT2D eigenvalue weighted by Gasteiger charge is -2.35. The van der Waals surface area contributed by atoms with Gasteiger partial charge in [0, 0.05) is 13.0 Å². The zero-order valence-corrected chi connectivity index (χ0v) is 17.1. The molecular formula is C23H31N3O3. The van der Waals surface area contributed by atoms with E-state index in [4.69, 9.17) is 9.26 Å². The highest BCUT2D eigenvalue weighted by molar-refractivity contribution is 5.77. The summed E-state index contributed by atoms with van der Waals surface area (Å²) in [4.78, 5) is 19.5. The fourth-order valence-corrected chi connectivity index (χ4v) is 4.55. The van der Waals surface area contributed by atoms with Crippen LogP contribution in [0.5, 0.6) is 0 Å². The summed E-state index contributed by atoms with van der Waals surface area (Å²) in [6, 6.07) is 9.95. The Morgan fingerprint density at radius 2 is 1.83 bits per heavy atom. The molecule has 1 unspecified atom stereocenters. The molecule has 29 heavy (non-hydrogen) atoms. The second kappa shape index (κ2) is 10.0. The van der Waals surface area contributed by atoms with Crippen LogP contribution in [-0.4, -0.2) is 27.5 Å². The maximum Gasteiger partial charge on any atom is 0.252 e. The van der Waals surface area contributed by atoms with Crippen molar-refractivity contribution in [2.45, 2.75) is 77.0 Å². The molecule has 0 spiro atoms. The number of piperidine rings is 1. The summed E-state index contributed by atoms with van der Waals surface area (Å²) in [6.07, 6.45) is 9.93. The number of benzene rings is 1. The standard InChI is InChI=1S/C23H31N3O3/c27-22(15-18-9-3-1-4-10-18)26-14-8-7-13-20(26)23-24-21(29-25-23)17-28-16-19-11-5-2-6-12-19/h2,5-6,11-12,18,20H,1,3-4,7-10,13-17H2. The first kappa shape index (κ1) is 20.1. The van der Waals surface area contributed by atoms with Gasteiger partial charge in [0.2, 0.25) is 5.91 Å². The van der Waals surface area contributed by atoms with E-state index in [0.717, 1.165) is 31.4 Å². The molecule has 1 aromatic carbocycles. The topological polar surface area (TPSA) is 68.5 Å². The minimum atomic E-state index is -0.0635. The summed E-state index contributed by atoms with van der Waals surface area (Å²) < 4.78 is 11.1. The van der Waals surface area contributed by atoms with Crippen LogP contribution in [0.1, 0.15) is 81.1 Å². The molecule has 1 aliphatic carbocycles. The minimum Gasteiger partial charge on any atom is -0.367 e. The number of amides is 1. The highest BCUT2D eigenvalue weighted by atomic mass is 16.5. The number of carbonyl (C=O) groups excluding carboxylic acids is 1. The molecule has 2 fully saturated rings. The molecule has 0 bridgehead atoms. The molecule has 1 atom stereocenters. The smallest absolute Gasteiger partial charge is 0.252 e. The van der Waals surface area contributed by atoms with Gasteiger partial charge in [-0.2, -0.15) is 4.98 Å². The highest BCUT2D eigenvalue weighted by Gasteiger charge is 2.32. The molecule has 1 aliphatic heterocycles. The number of ether oxygens (including phenoxy) is 1. The molecule has 1 saturated heterocycles. The first-order valence-corrected chi connectivity index (χ1v) is 11.0. The van der Waals surface area contributed by atoms with Gasteiger partial charge in [0.15, 0.2) is 5.82 Å². The fraction of sp³-hybridized carbons (Fsp3) is 0.609. The molecule has 1 saturated carbocycles. The molecule has 0 N–H and O–H groups in total. The molecule has 2 aliphatic rings. The number of carbonyl (C=O) groups is 1. The molecular weight excluding hydrogens is 366 g/mol. The largest absolute Gasteiger partial charge is 0.367 e. The summed E-state index contributed by atoms with van der Waals surface area (Å²) in [5.74, 6) is 1.90. The van der Waals surface area contributed by atoms with Crippen molar-refractivity contribution in [3.05, 3.63) is 47.6 Å². The number of rotatable bonds is 7. The van der Waals surface area contributed by atoms with E-state index < -0.39 is 0 Å². The molecule has 2 heterocycles. The van der Waals surface area contributed by atoms with Crippen molar-refractivity contribution in [2.75, 3.05) is 6.54 Å². The van der Waals surface area contributed by atoms with Crippen molar-refractivity contribution in [3.63, 3.8) is 0 Å². The Bertz CT molecular complexity index is 771. The highest BCUT2D eigenvalue weighted by Crippen LogP contribution is 2.32. The monoisotopic (exact) mass is 397 g/mol. The Balaban J connectivity index is 1.33. The average molecular weight is 398 g/mol. The van der Waals surface area contributed by atoms with Gasteiger partial charge in [-0.25, -0.2) is 0 Å². The molecule has 6 heteroatoms. The average Bonchev–Trinajstić information content (AvgIpc) is 3.24. The van der Waals surface area contributed by atoms with E-state index in [-0.39, 0.29) is 18.6 Å². The Labute approximate surface area is 172 Å². The predicted molar refractivity (Wildman–Crippen MR) is 109 cm³/mol. The van der Waals surface area contributed by atoms with E-state index in [1.807, 2.05) is 35.2 Å². The van der Waals surface area contributed by atoms with Crippen LogP contribution in [0.4, 0.5) is 0 Å². The first-order valence-electron chi connectivity index (χ1n) is 11.0. The lowest BCUT2D eigenvalue weighted by Crippen LogP contribution is -2.39. The van der Waals surface area contributed by atoms with E-state index in [2.05, 4.69) is 10.1 Å². The third-order valence-corrected chi connectivity index (χ3v) is 6.13. The van der Waals surface area contributed by atoms with Crippen molar-refractivity contribution in [1.29, 1.82) is 0 Å². The lowest BCUT2D eigenvalue weighted by atomic mass is 9.86. The van der Waals surface area contributed by atoms with Crippen LogP contribution in [0.25, 0.3) is 0 Å². The van der Waals surface area contributed by atoms with Crippen LogP contribution >= 0.6 is 0 Å². The third kappa shape index (κ3) is 5.44. The van der Waals surface area contributed by atoms with E-state index >= 15 is 0 Å². The SMILES string of the molecule is O=C(CC1CCCCC1)N1CCCCC1c1noc(COCc2ccccc2)n1. The van der Waals surface area contributed by atoms with E-state index in [1.165, 1.54) is 32.1 Å². The second-order valence-electron chi connectivity index (χ2n) is 8.33. The maximum atomic E-state index is 13.0. The van der Waals surface area contributed by atoms with Crippen molar-refractivity contribution in [1.82, 2.24) is 15.0 Å². The van der Waals surface area contributed by atoms with Crippen molar-refractivity contribution in [2.24, 2.45) is 5.92 Å². The molecule has 6 nitrogen and oxygen atoms in total. The second-order valence-corrected chi connectivity index (χ2v) is 8.33. The van der Waals surface area contributed by atoms with E-state index in [1.54, 1.807) is 0 Å². The third-order valence-electron chi connectivity index (χ3n) is 6.13. The first-order chi connectivity index (χ1) is 14.3. The number of hydrogen-bond donors (Lipinski definition) is 0. The van der Waals surface area contributed by atoms with Gasteiger partial charge >= 0.3 is 0 Å². The summed E-state index contributed by atoms with van der Waals surface area (Å²) in [7, 11) is 0. The summed E-state index contributed by atoms with van der Waals surface area (Å²) >= 11 is 0. The van der Waals surface area contributed by atoms with Crippen LogP contribution < -0.4 is 0 Å². The fourth-order valence-electron chi connectivity index (χ4n) is 4.55. The minimum absolute atomic E-state index is 0.0635. The van der Waals surface area contributed by atoms with Crippen LogP contribution in [-0.2, 0) is 22.7 Å². The predicted octanol–water partition coefficient (Wildman–Crippen LogP) is 4.81. The van der Waals surface area contributed by atoms with E-state index in [9.17, 15) is 4.79 Å². The number of likely N-dealkylation sites (tertiary alicyclic amines) is 1. The normalized spacial score (nSPS) is 20.7. The zero-order valence-electron chi connectivity index (χ0n) is 17.1. The summed E-state index contributed by atoms with van der Waals surface area (Å²) in [5.41, 5.74) is 1.11. The maximum absolute atomic E-state index is 13.0. The van der Waals surface area contributed by atoms with Crippen LogP contribution in [0.2, 0.25) is 0 Å². The lowest BCUT2D eigenvalue weighted by molar-refractivity contribution is -0.136. The summed E-state index contributed by atoms with van der Waals surface area (Å²) in [5, 5.41) is 4.18. The van der Waals surface area contributed by atoms with Gasteiger partial charge in [-0.3, -0.25) is 4.79 Å². The van der Waals surface area contributed by atoms with Crippen molar-refractivity contribution in [3.8, 4) is 0 Å². The van der Waals surface area contributed by atoms with Gasteiger partial charge in [0.25, 0.3) is 5.89 Å².